The highest BCUT2D eigenvalue weighted by molar-refractivity contribution is 7.85. The van der Waals surface area contributed by atoms with Gasteiger partial charge in [-0.25, -0.2) is 0 Å². The molecule has 0 aliphatic rings. The molecule has 14 nitrogen and oxygen atoms in total. The number of halogens is 1. The summed E-state index contributed by atoms with van der Waals surface area (Å²) in [7, 11) is 5.33. The summed E-state index contributed by atoms with van der Waals surface area (Å²) in [6.07, 6.45) is 3.63. The number of hydrogen-bond acceptors (Lipinski definition) is 6. The third-order valence-electron chi connectivity index (χ3n) is 7.18. The Morgan fingerprint density at radius 2 is 1.38 bits per heavy atom. The Morgan fingerprint density at radius 3 is 1.96 bits per heavy atom. The first kappa shape index (κ1) is 34.7. The van der Waals surface area contributed by atoms with Crippen molar-refractivity contribution in [2.45, 2.75) is 11.3 Å². The molecule has 0 spiro atoms. The second-order valence-corrected chi connectivity index (χ2v) is 12.4. The Balaban J connectivity index is 1.36. The van der Waals surface area contributed by atoms with Crippen LogP contribution in [-0.2, 0) is 31.9 Å². The fourth-order valence-corrected chi connectivity index (χ4v) is 5.85. The summed E-state index contributed by atoms with van der Waals surface area (Å²) in [6, 6.07) is 12.6. The van der Waals surface area contributed by atoms with E-state index in [1.54, 1.807) is 92.2 Å². The molecule has 0 radical (unpaired) electrons. The second kappa shape index (κ2) is 15.4. The van der Waals surface area contributed by atoms with E-state index in [-0.39, 0.29) is 23.2 Å². The van der Waals surface area contributed by atoms with E-state index in [0.717, 1.165) is 0 Å². The molecule has 47 heavy (non-hydrogen) atoms. The van der Waals surface area contributed by atoms with Gasteiger partial charge in [-0.15, -0.1) is 11.6 Å². The molecule has 0 aliphatic heterocycles. The van der Waals surface area contributed by atoms with Crippen LogP contribution in [0.15, 0.2) is 70.8 Å². The molecule has 16 heteroatoms. The Labute approximate surface area is 278 Å². The van der Waals surface area contributed by atoms with Gasteiger partial charge in [0.05, 0.1) is 28.0 Å². The number of aromatic nitrogens is 3. The Hall–Kier alpha value is -5.15. The van der Waals surface area contributed by atoms with E-state index in [2.05, 4.69) is 26.3 Å². The number of hydrogen-bond donors (Lipinski definition) is 5. The predicted molar refractivity (Wildman–Crippen MR) is 183 cm³/mol. The number of rotatable bonds is 13. The standard InChI is InChI=1S/C31H36ClN9O5S/c1-34-26(33)11-13-35-29(43)24-15-20(17-39(24)2)37-31(45)25-16-21(18-40(25)3)36-30(44)23-9-10-27(41(23)4)38-28(42)19-5-7-22(8-6-19)47(46)14-12-32/h5-10,15-18H,11-14H2,1-4H3,(H2,33,34)(H,35,43)(H,36,44)(H,37,45)(H,38,42). The van der Waals surface area contributed by atoms with E-state index in [9.17, 15) is 23.4 Å². The Morgan fingerprint density at radius 1 is 0.809 bits per heavy atom. The minimum Gasteiger partial charge on any atom is -0.387 e. The first-order chi connectivity index (χ1) is 22.4. The van der Waals surface area contributed by atoms with Gasteiger partial charge in [-0.3, -0.25) is 28.4 Å². The van der Waals surface area contributed by atoms with Crippen LogP contribution in [0.4, 0.5) is 17.2 Å². The smallest absolute Gasteiger partial charge is 0.272 e. The Bertz CT molecular complexity index is 1860. The summed E-state index contributed by atoms with van der Waals surface area (Å²) in [4.78, 5) is 56.0. The Kier molecular flexibility index (Phi) is 11.4. The summed E-state index contributed by atoms with van der Waals surface area (Å²) in [5, 5.41) is 11.1. The molecule has 0 saturated carbocycles. The summed E-state index contributed by atoms with van der Waals surface area (Å²) in [5.41, 5.74) is 7.70. The highest BCUT2D eigenvalue weighted by atomic mass is 35.5. The molecule has 1 atom stereocenters. The lowest BCUT2D eigenvalue weighted by molar-refractivity contribution is 0.0944. The summed E-state index contributed by atoms with van der Waals surface area (Å²) < 4.78 is 16.8. The van der Waals surface area contributed by atoms with Crippen LogP contribution in [0.2, 0.25) is 0 Å². The van der Waals surface area contributed by atoms with Gasteiger partial charge in [0, 0.05) is 75.6 Å². The van der Waals surface area contributed by atoms with Crippen LogP contribution in [0.1, 0.15) is 48.2 Å². The first-order valence-corrected chi connectivity index (χ1v) is 16.2. The van der Waals surface area contributed by atoms with E-state index < -0.39 is 28.5 Å². The normalized spacial score (nSPS) is 12.0. The zero-order chi connectivity index (χ0) is 34.2. The fourth-order valence-electron chi connectivity index (χ4n) is 4.61. The molecule has 0 bridgehead atoms. The van der Waals surface area contributed by atoms with Gasteiger partial charge in [-0.2, -0.15) is 0 Å². The topological polar surface area (TPSA) is 187 Å². The lowest BCUT2D eigenvalue weighted by atomic mass is 10.2. The molecular formula is C31H36ClN9O5S. The van der Waals surface area contributed by atoms with Crippen molar-refractivity contribution in [1.29, 1.82) is 0 Å². The molecule has 4 aromatic rings. The number of amides is 4. The summed E-state index contributed by atoms with van der Waals surface area (Å²) in [5.74, 6) is -0.217. The van der Waals surface area contributed by atoms with E-state index >= 15 is 0 Å². The minimum absolute atomic E-state index is 0.265. The first-order valence-electron chi connectivity index (χ1n) is 14.4. The SMILES string of the molecule is CN=C(N)CCNC(=O)c1cc(NC(=O)c2cc(NC(=O)c3ccc(NC(=O)c4ccc(S(=O)CCCl)cc4)n3C)cn2C)cn1C. The van der Waals surface area contributed by atoms with Crippen molar-refractivity contribution in [3.63, 3.8) is 0 Å². The van der Waals surface area contributed by atoms with E-state index in [1.165, 1.54) is 10.6 Å². The quantitative estimate of drug-likeness (QED) is 0.0820. The third kappa shape index (κ3) is 8.56. The van der Waals surface area contributed by atoms with Crippen molar-refractivity contribution in [1.82, 2.24) is 19.0 Å². The van der Waals surface area contributed by atoms with Gasteiger partial charge >= 0.3 is 0 Å². The molecule has 6 N–H and O–H groups in total. The average Bonchev–Trinajstić information content (AvgIpc) is 3.72. The summed E-state index contributed by atoms with van der Waals surface area (Å²) >= 11 is 5.66. The summed E-state index contributed by atoms with van der Waals surface area (Å²) in [6.45, 7) is 0.320. The van der Waals surface area contributed by atoms with Gasteiger partial charge < -0.3 is 40.7 Å². The maximum Gasteiger partial charge on any atom is 0.272 e. The average molecular weight is 682 g/mol. The number of carbonyl (C=O) groups is 4. The largest absolute Gasteiger partial charge is 0.387 e. The zero-order valence-electron chi connectivity index (χ0n) is 26.3. The number of amidine groups is 1. The van der Waals surface area contributed by atoms with Crippen LogP contribution in [-0.4, -0.2) is 72.6 Å². The van der Waals surface area contributed by atoms with Gasteiger partial charge in [0.2, 0.25) is 0 Å². The molecule has 248 valence electrons. The number of benzene rings is 1. The number of alkyl halides is 1. The highest BCUT2D eigenvalue weighted by Crippen LogP contribution is 2.20. The van der Waals surface area contributed by atoms with E-state index in [0.29, 0.717) is 57.9 Å². The van der Waals surface area contributed by atoms with Crippen molar-refractivity contribution in [3.8, 4) is 0 Å². The number of nitrogens with two attached hydrogens (primary N) is 1. The van der Waals surface area contributed by atoms with Crippen molar-refractivity contribution in [2.24, 2.45) is 31.9 Å². The molecule has 3 heterocycles. The van der Waals surface area contributed by atoms with Crippen LogP contribution in [0.5, 0.6) is 0 Å². The van der Waals surface area contributed by atoms with Gasteiger partial charge in [-0.1, -0.05) is 0 Å². The van der Waals surface area contributed by atoms with Gasteiger partial charge in [-0.05, 0) is 48.5 Å². The lowest BCUT2D eigenvalue weighted by Gasteiger charge is -2.10. The molecule has 4 amide bonds. The molecule has 0 fully saturated rings. The number of anilines is 3. The lowest BCUT2D eigenvalue weighted by Crippen LogP contribution is -2.29. The number of nitrogens with one attached hydrogen (secondary N) is 4. The molecule has 0 saturated heterocycles. The number of carbonyl (C=O) groups excluding carboxylic acids is 4. The molecule has 4 rings (SSSR count). The van der Waals surface area contributed by atoms with Gasteiger partial charge in [0.25, 0.3) is 23.6 Å². The maximum atomic E-state index is 13.1. The molecule has 0 aliphatic carbocycles. The van der Waals surface area contributed by atoms with Gasteiger partial charge in [0.15, 0.2) is 0 Å². The molecular weight excluding hydrogens is 646 g/mol. The van der Waals surface area contributed by atoms with Gasteiger partial charge in [0.1, 0.15) is 22.9 Å². The van der Waals surface area contributed by atoms with Crippen molar-refractivity contribution in [3.05, 3.63) is 83.6 Å². The minimum atomic E-state index is -1.24. The van der Waals surface area contributed by atoms with Crippen LogP contribution in [0, 0.1) is 0 Å². The van der Waals surface area contributed by atoms with E-state index in [4.69, 9.17) is 17.3 Å². The van der Waals surface area contributed by atoms with Crippen molar-refractivity contribution < 1.29 is 23.4 Å². The van der Waals surface area contributed by atoms with E-state index in [1.807, 2.05) is 0 Å². The van der Waals surface area contributed by atoms with Crippen LogP contribution < -0.4 is 27.0 Å². The van der Waals surface area contributed by atoms with Crippen LogP contribution in [0.3, 0.4) is 0 Å². The monoisotopic (exact) mass is 681 g/mol. The molecule has 1 aromatic carbocycles. The molecule has 3 aromatic heterocycles. The number of aryl methyl sites for hydroxylation is 2. The van der Waals surface area contributed by atoms with Crippen molar-refractivity contribution >= 4 is 69.1 Å². The predicted octanol–water partition coefficient (Wildman–Crippen LogP) is 2.91. The number of aliphatic imine (C=N–C) groups is 1. The maximum absolute atomic E-state index is 13.1. The zero-order valence-corrected chi connectivity index (χ0v) is 27.9. The molecule has 1 unspecified atom stereocenters. The number of nitrogens with zero attached hydrogens (tertiary/aromatic N) is 4. The van der Waals surface area contributed by atoms with Crippen LogP contribution >= 0.6 is 11.6 Å². The van der Waals surface area contributed by atoms with Crippen LogP contribution in [0.25, 0.3) is 0 Å². The highest BCUT2D eigenvalue weighted by Gasteiger charge is 2.19. The fraction of sp³-hybridized carbons (Fsp3) is 0.258. The third-order valence-corrected chi connectivity index (χ3v) is 8.97. The second-order valence-electron chi connectivity index (χ2n) is 10.5. The van der Waals surface area contributed by atoms with Crippen molar-refractivity contribution in [2.75, 3.05) is 41.2 Å².